The molecule has 8 nitrogen and oxygen atoms in total. The number of ether oxygens (including phenoxy) is 3. The molecule has 1 heterocycles. The molecule has 0 bridgehead atoms. The molecule has 1 amide bonds. The molecule has 2 aromatic carbocycles. The summed E-state index contributed by atoms with van der Waals surface area (Å²) in [5.41, 5.74) is 1.95. The SMILES string of the molecule is COC(=O)c1ccc(CSc2nnc(NC(=O)c3ccc(OC)c(OC)c3)s2)cc1. The van der Waals surface area contributed by atoms with Gasteiger partial charge in [-0.2, -0.15) is 0 Å². The summed E-state index contributed by atoms with van der Waals surface area (Å²) < 4.78 is 15.8. The molecule has 10 heteroatoms. The van der Waals surface area contributed by atoms with E-state index in [1.807, 2.05) is 12.1 Å². The number of carbonyl (C=O) groups is 2. The minimum Gasteiger partial charge on any atom is -0.493 e. The summed E-state index contributed by atoms with van der Waals surface area (Å²) in [6.45, 7) is 0. The van der Waals surface area contributed by atoms with Crippen molar-refractivity contribution < 1.29 is 23.8 Å². The maximum absolute atomic E-state index is 12.5. The fourth-order valence-electron chi connectivity index (χ4n) is 2.47. The highest BCUT2D eigenvalue weighted by atomic mass is 32.2. The summed E-state index contributed by atoms with van der Waals surface area (Å²) in [5, 5.41) is 11.3. The Morgan fingerprint density at radius 1 is 0.967 bits per heavy atom. The van der Waals surface area contributed by atoms with E-state index in [9.17, 15) is 9.59 Å². The highest BCUT2D eigenvalue weighted by molar-refractivity contribution is 8.00. The van der Waals surface area contributed by atoms with Gasteiger partial charge in [0.15, 0.2) is 15.8 Å². The minimum absolute atomic E-state index is 0.318. The van der Waals surface area contributed by atoms with Crippen molar-refractivity contribution in [2.45, 2.75) is 10.1 Å². The molecule has 0 aliphatic rings. The number of rotatable bonds is 8. The summed E-state index contributed by atoms with van der Waals surface area (Å²) in [5.74, 6) is 0.982. The van der Waals surface area contributed by atoms with Crippen LogP contribution in [0.15, 0.2) is 46.8 Å². The number of aromatic nitrogens is 2. The van der Waals surface area contributed by atoms with Crippen LogP contribution in [-0.4, -0.2) is 43.4 Å². The molecule has 0 aliphatic carbocycles. The first-order valence-electron chi connectivity index (χ1n) is 8.71. The van der Waals surface area contributed by atoms with Crippen LogP contribution in [0.25, 0.3) is 0 Å². The predicted molar refractivity (Wildman–Crippen MR) is 115 cm³/mol. The predicted octanol–water partition coefficient (Wildman–Crippen LogP) is 3.89. The van der Waals surface area contributed by atoms with Crippen LogP contribution in [-0.2, 0) is 10.5 Å². The molecule has 3 aromatic rings. The lowest BCUT2D eigenvalue weighted by Gasteiger charge is -2.08. The van der Waals surface area contributed by atoms with Gasteiger partial charge in [-0.3, -0.25) is 10.1 Å². The minimum atomic E-state index is -0.367. The molecule has 0 fully saturated rings. The number of amides is 1. The molecule has 156 valence electrons. The van der Waals surface area contributed by atoms with Gasteiger partial charge in [-0.1, -0.05) is 35.2 Å². The molecule has 0 saturated carbocycles. The van der Waals surface area contributed by atoms with Crippen LogP contribution < -0.4 is 14.8 Å². The van der Waals surface area contributed by atoms with Crippen LogP contribution in [0.1, 0.15) is 26.3 Å². The van der Waals surface area contributed by atoms with E-state index in [1.54, 1.807) is 30.3 Å². The standard InChI is InChI=1S/C20H19N3O5S2/c1-26-15-9-8-14(10-16(15)27-2)17(24)21-19-22-23-20(30-19)29-11-12-4-6-13(7-5-12)18(25)28-3/h4-10H,11H2,1-3H3,(H,21,22,24). The van der Waals surface area contributed by atoms with E-state index >= 15 is 0 Å². The van der Waals surface area contributed by atoms with E-state index in [0.717, 1.165) is 9.90 Å². The van der Waals surface area contributed by atoms with Gasteiger partial charge in [0.05, 0.1) is 26.9 Å². The summed E-state index contributed by atoms with van der Waals surface area (Å²) >= 11 is 2.77. The maximum Gasteiger partial charge on any atom is 0.337 e. The molecule has 0 radical (unpaired) electrons. The van der Waals surface area contributed by atoms with Gasteiger partial charge in [0.25, 0.3) is 5.91 Å². The second-order valence-corrected chi connectivity index (χ2v) is 8.07. The Morgan fingerprint density at radius 3 is 2.33 bits per heavy atom. The quantitative estimate of drug-likeness (QED) is 0.317. The van der Waals surface area contributed by atoms with E-state index in [2.05, 4.69) is 20.3 Å². The van der Waals surface area contributed by atoms with E-state index in [1.165, 1.54) is 44.4 Å². The third kappa shape index (κ3) is 5.28. The van der Waals surface area contributed by atoms with Gasteiger partial charge >= 0.3 is 5.97 Å². The summed E-state index contributed by atoms with van der Waals surface area (Å²) in [6, 6.07) is 12.1. The number of methoxy groups -OCH3 is 3. The van der Waals surface area contributed by atoms with E-state index in [4.69, 9.17) is 9.47 Å². The van der Waals surface area contributed by atoms with Gasteiger partial charge in [-0.15, -0.1) is 10.2 Å². The number of esters is 1. The second-order valence-electron chi connectivity index (χ2n) is 5.87. The van der Waals surface area contributed by atoms with Crippen LogP contribution in [0.3, 0.4) is 0 Å². The Bertz CT molecular complexity index is 1040. The fourth-order valence-corrected chi connectivity index (χ4v) is 4.17. The zero-order chi connectivity index (χ0) is 21.5. The van der Waals surface area contributed by atoms with Gasteiger partial charge in [0.2, 0.25) is 5.13 Å². The first-order valence-corrected chi connectivity index (χ1v) is 10.5. The molecular weight excluding hydrogens is 426 g/mol. The molecule has 0 spiro atoms. The van der Waals surface area contributed by atoms with Crippen LogP contribution in [0, 0.1) is 0 Å². The van der Waals surface area contributed by atoms with E-state index in [0.29, 0.717) is 33.5 Å². The number of nitrogens with zero attached hydrogens (tertiary/aromatic N) is 2. The Morgan fingerprint density at radius 2 is 1.67 bits per heavy atom. The molecule has 1 N–H and O–H groups in total. The summed E-state index contributed by atoms with van der Waals surface area (Å²) in [7, 11) is 4.39. The van der Waals surface area contributed by atoms with Gasteiger partial charge in [0.1, 0.15) is 0 Å². The zero-order valence-corrected chi connectivity index (χ0v) is 18.1. The zero-order valence-electron chi connectivity index (χ0n) is 16.5. The monoisotopic (exact) mass is 445 g/mol. The Balaban J connectivity index is 1.58. The number of nitrogens with one attached hydrogen (secondary N) is 1. The average Bonchev–Trinajstić information content (AvgIpc) is 3.24. The van der Waals surface area contributed by atoms with Crippen molar-refractivity contribution in [2.75, 3.05) is 26.6 Å². The first-order chi connectivity index (χ1) is 14.5. The molecular formula is C20H19N3O5S2. The Kier molecular flexibility index (Phi) is 7.26. The molecule has 0 unspecified atom stereocenters. The van der Waals surface area contributed by atoms with Gasteiger partial charge < -0.3 is 14.2 Å². The number of benzene rings is 2. The topological polar surface area (TPSA) is 99.6 Å². The highest BCUT2D eigenvalue weighted by Gasteiger charge is 2.14. The van der Waals surface area contributed by atoms with Crippen molar-refractivity contribution >= 4 is 40.1 Å². The lowest BCUT2D eigenvalue weighted by Crippen LogP contribution is -2.11. The van der Waals surface area contributed by atoms with Crippen molar-refractivity contribution in [1.82, 2.24) is 10.2 Å². The number of anilines is 1. The Labute approximate surface area is 181 Å². The lowest BCUT2D eigenvalue weighted by molar-refractivity contribution is 0.0600. The first kappa shape index (κ1) is 21.6. The van der Waals surface area contributed by atoms with Gasteiger partial charge in [0, 0.05) is 11.3 Å². The second kappa shape index (κ2) is 10.1. The largest absolute Gasteiger partial charge is 0.493 e. The third-order valence-electron chi connectivity index (χ3n) is 4.01. The number of hydrogen-bond acceptors (Lipinski definition) is 9. The molecule has 0 aliphatic heterocycles. The third-order valence-corrected chi connectivity index (χ3v) is 6.05. The molecule has 0 atom stereocenters. The number of thioether (sulfide) groups is 1. The van der Waals surface area contributed by atoms with Crippen LogP contribution in [0.4, 0.5) is 5.13 Å². The van der Waals surface area contributed by atoms with E-state index in [-0.39, 0.29) is 11.9 Å². The van der Waals surface area contributed by atoms with Crippen LogP contribution in [0.2, 0.25) is 0 Å². The normalized spacial score (nSPS) is 10.4. The number of hydrogen-bond donors (Lipinski definition) is 1. The summed E-state index contributed by atoms with van der Waals surface area (Å²) in [6.07, 6.45) is 0. The van der Waals surface area contributed by atoms with Crippen molar-refractivity contribution in [3.8, 4) is 11.5 Å². The summed E-state index contributed by atoms with van der Waals surface area (Å²) in [4.78, 5) is 23.9. The average molecular weight is 446 g/mol. The maximum atomic E-state index is 12.5. The van der Waals surface area contributed by atoms with Crippen molar-refractivity contribution in [2.24, 2.45) is 0 Å². The van der Waals surface area contributed by atoms with Crippen molar-refractivity contribution in [1.29, 1.82) is 0 Å². The molecule has 1 aromatic heterocycles. The van der Waals surface area contributed by atoms with E-state index < -0.39 is 0 Å². The smallest absolute Gasteiger partial charge is 0.337 e. The number of carbonyl (C=O) groups excluding carboxylic acids is 2. The fraction of sp³-hybridized carbons (Fsp3) is 0.200. The lowest BCUT2D eigenvalue weighted by atomic mass is 10.1. The van der Waals surface area contributed by atoms with Crippen molar-refractivity contribution in [3.05, 3.63) is 59.2 Å². The van der Waals surface area contributed by atoms with Crippen LogP contribution >= 0.6 is 23.1 Å². The van der Waals surface area contributed by atoms with Gasteiger partial charge in [-0.25, -0.2) is 4.79 Å². The van der Waals surface area contributed by atoms with Crippen LogP contribution in [0.5, 0.6) is 11.5 Å². The van der Waals surface area contributed by atoms with Gasteiger partial charge in [-0.05, 0) is 35.9 Å². The molecule has 0 saturated heterocycles. The molecule has 3 rings (SSSR count). The Hall–Kier alpha value is -3.11. The molecule has 30 heavy (non-hydrogen) atoms. The highest BCUT2D eigenvalue weighted by Crippen LogP contribution is 2.30. The van der Waals surface area contributed by atoms with Crippen molar-refractivity contribution in [3.63, 3.8) is 0 Å².